The summed E-state index contributed by atoms with van der Waals surface area (Å²) in [6.07, 6.45) is 0. The summed E-state index contributed by atoms with van der Waals surface area (Å²) in [6.45, 7) is 0.181. The first-order valence-corrected chi connectivity index (χ1v) is 6.28. The molecular formula is C9H9ClN2O2S. The monoisotopic (exact) mass is 244 g/mol. The second-order valence-corrected chi connectivity index (χ2v) is 5.24. The van der Waals surface area contributed by atoms with Crippen molar-refractivity contribution in [1.82, 2.24) is 4.72 Å². The molecule has 0 aromatic heterocycles. The smallest absolute Gasteiger partial charge is 0.211 e. The zero-order valence-corrected chi connectivity index (χ0v) is 9.35. The fraction of sp³-hybridized carbons (Fsp3) is 0.222. The molecule has 80 valence electrons. The first kappa shape index (κ1) is 12.0. The van der Waals surface area contributed by atoms with Gasteiger partial charge in [-0.2, -0.15) is 5.26 Å². The van der Waals surface area contributed by atoms with Crippen LogP contribution in [0.1, 0.15) is 11.1 Å². The lowest BCUT2D eigenvalue weighted by Crippen LogP contribution is -2.23. The zero-order valence-electron chi connectivity index (χ0n) is 7.77. The topological polar surface area (TPSA) is 70.0 Å². The van der Waals surface area contributed by atoms with E-state index in [0.717, 1.165) is 5.56 Å². The minimum absolute atomic E-state index is 0.181. The van der Waals surface area contributed by atoms with Crippen molar-refractivity contribution in [2.24, 2.45) is 0 Å². The lowest BCUT2D eigenvalue weighted by molar-refractivity contribution is 0.586. The van der Waals surface area contributed by atoms with Gasteiger partial charge in [-0.1, -0.05) is 12.1 Å². The van der Waals surface area contributed by atoms with Gasteiger partial charge in [0.15, 0.2) is 0 Å². The van der Waals surface area contributed by atoms with Crippen LogP contribution in [0.15, 0.2) is 24.3 Å². The lowest BCUT2D eigenvalue weighted by atomic mass is 10.1. The van der Waals surface area contributed by atoms with Gasteiger partial charge in [-0.3, -0.25) is 0 Å². The Morgan fingerprint density at radius 2 is 1.93 bits per heavy atom. The predicted molar refractivity (Wildman–Crippen MR) is 57.6 cm³/mol. The zero-order chi connectivity index (χ0) is 11.3. The predicted octanol–water partition coefficient (Wildman–Crippen LogP) is 1.17. The SMILES string of the molecule is N#Cc1ccc(CNS(=O)(=O)CCl)cc1. The summed E-state index contributed by atoms with van der Waals surface area (Å²) in [6, 6.07) is 8.62. The molecule has 0 radical (unpaired) electrons. The number of nitrogens with zero attached hydrogens (tertiary/aromatic N) is 1. The fourth-order valence-corrected chi connectivity index (χ4v) is 1.62. The third-order valence-corrected chi connectivity index (χ3v) is 3.46. The van der Waals surface area contributed by atoms with Crippen LogP contribution in [-0.4, -0.2) is 13.6 Å². The Labute approximate surface area is 93.5 Å². The third-order valence-electron chi connectivity index (χ3n) is 1.72. The van der Waals surface area contributed by atoms with Crippen LogP contribution in [0.25, 0.3) is 0 Å². The van der Waals surface area contributed by atoms with Gasteiger partial charge in [0, 0.05) is 6.54 Å². The number of nitrogens with one attached hydrogen (secondary N) is 1. The van der Waals surface area contributed by atoms with E-state index >= 15 is 0 Å². The number of nitriles is 1. The second-order valence-electron chi connectivity index (χ2n) is 2.85. The van der Waals surface area contributed by atoms with Gasteiger partial charge >= 0.3 is 0 Å². The lowest BCUT2D eigenvalue weighted by Gasteiger charge is -2.03. The maximum Gasteiger partial charge on any atom is 0.225 e. The fourth-order valence-electron chi connectivity index (χ4n) is 0.929. The molecule has 0 aliphatic heterocycles. The van der Waals surface area contributed by atoms with Gasteiger partial charge in [0.25, 0.3) is 0 Å². The molecule has 0 aliphatic rings. The Balaban J connectivity index is 2.64. The number of benzene rings is 1. The molecule has 1 aromatic carbocycles. The molecule has 0 fully saturated rings. The molecule has 0 atom stereocenters. The summed E-state index contributed by atoms with van der Waals surface area (Å²) in [5.74, 6) is 0. The van der Waals surface area contributed by atoms with Crippen LogP contribution >= 0.6 is 11.6 Å². The average molecular weight is 245 g/mol. The molecular weight excluding hydrogens is 236 g/mol. The van der Waals surface area contributed by atoms with E-state index in [-0.39, 0.29) is 6.54 Å². The first-order valence-electron chi connectivity index (χ1n) is 4.10. The van der Waals surface area contributed by atoms with E-state index in [1.54, 1.807) is 24.3 Å². The number of alkyl halides is 1. The van der Waals surface area contributed by atoms with Crippen LogP contribution in [0, 0.1) is 11.3 Å². The van der Waals surface area contributed by atoms with Crippen molar-refractivity contribution in [3.8, 4) is 6.07 Å². The molecule has 6 heteroatoms. The van der Waals surface area contributed by atoms with Gasteiger partial charge in [0.2, 0.25) is 10.0 Å². The standard InChI is InChI=1S/C9H9ClN2O2S/c10-7-15(13,14)12-6-9-3-1-8(5-11)2-4-9/h1-4,12H,6-7H2. The summed E-state index contributed by atoms with van der Waals surface area (Å²) in [5, 5.41) is 8.09. The molecule has 1 rings (SSSR count). The minimum atomic E-state index is -3.38. The quantitative estimate of drug-likeness (QED) is 0.809. The van der Waals surface area contributed by atoms with Crippen molar-refractivity contribution in [1.29, 1.82) is 5.26 Å². The molecule has 0 spiro atoms. The summed E-state index contributed by atoms with van der Waals surface area (Å²) < 4.78 is 24.3. The molecule has 4 nitrogen and oxygen atoms in total. The number of hydrogen-bond donors (Lipinski definition) is 1. The van der Waals surface area contributed by atoms with Crippen molar-refractivity contribution >= 4 is 21.6 Å². The van der Waals surface area contributed by atoms with Crippen molar-refractivity contribution in [3.05, 3.63) is 35.4 Å². The Morgan fingerprint density at radius 1 is 1.33 bits per heavy atom. The molecule has 0 unspecified atom stereocenters. The molecule has 1 aromatic rings. The van der Waals surface area contributed by atoms with E-state index in [9.17, 15) is 8.42 Å². The highest BCUT2D eigenvalue weighted by Gasteiger charge is 2.06. The maximum atomic E-state index is 11.0. The molecule has 0 amide bonds. The summed E-state index contributed by atoms with van der Waals surface area (Å²) in [4.78, 5) is 0. The van der Waals surface area contributed by atoms with E-state index in [0.29, 0.717) is 5.56 Å². The maximum absolute atomic E-state index is 11.0. The van der Waals surface area contributed by atoms with E-state index in [4.69, 9.17) is 16.9 Å². The normalized spacial score (nSPS) is 10.9. The number of hydrogen-bond acceptors (Lipinski definition) is 3. The van der Waals surface area contributed by atoms with Crippen molar-refractivity contribution in [2.75, 3.05) is 5.21 Å². The van der Waals surface area contributed by atoms with E-state index in [1.165, 1.54) is 0 Å². The van der Waals surface area contributed by atoms with Crippen molar-refractivity contribution < 1.29 is 8.42 Å². The molecule has 15 heavy (non-hydrogen) atoms. The van der Waals surface area contributed by atoms with Crippen molar-refractivity contribution in [2.45, 2.75) is 6.54 Å². The van der Waals surface area contributed by atoms with E-state index in [1.807, 2.05) is 6.07 Å². The Hall–Kier alpha value is -1.09. The van der Waals surface area contributed by atoms with E-state index < -0.39 is 15.2 Å². The first-order chi connectivity index (χ1) is 7.07. The summed E-state index contributed by atoms with van der Waals surface area (Å²) in [5.41, 5.74) is 1.32. The molecule has 0 bridgehead atoms. The van der Waals surface area contributed by atoms with Gasteiger partial charge in [-0.25, -0.2) is 13.1 Å². The second kappa shape index (κ2) is 5.12. The Bertz CT molecular complexity index is 462. The summed E-state index contributed by atoms with van der Waals surface area (Å²) in [7, 11) is -3.38. The number of halogens is 1. The van der Waals surface area contributed by atoms with Gasteiger partial charge in [0.05, 0.1) is 11.6 Å². The highest BCUT2D eigenvalue weighted by atomic mass is 35.5. The van der Waals surface area contributed by atoms with Gasteiger partial charge in [0.1, 0.15) is 5.21 Å². The van der Waals surface area contributed by atoms with Crippen LogP contribution < -0.4 is 4.72 Å². The molecule has 0 aliphatic carbocycles. The molecule has 0 saturated carbocycles. The van der Waals surface area contributed by atoms with E-state index in [2.05, 4.69) is 4.72 Å². The van der Waals surface area contributed by atoms with Gasteiger partial charge in [-0.15, -0.1) is 11.6 Å². The Morgan fingerprint density at radius 3 is 2.40 bits per heavy atom. The van der Waals surface area contributed by atoms with Crippen LogP contribution in [0.5, 0.6) is 0 Å². The van der Waals surface area contributed by atoms with Crippen LogP contribution in [0.2, 0.25) is 0 Å². The van der Waals surface area contributed by atoms with Crippen molar-refractivity contribution in [3.63, 3.8) is 0 Å². The largest absolute Gasteiger partial charge is 0.225 e. The molecule has 0 saturated heterocycles. The molecule has 0 heterocycles. The van der Waals surface area contributed by atoms with Gasteiger partial charge in [-0.05, 0) is 17.7 Å². The highest BCUT2D eigenvalue weighted by Crippen LogP contribution is 2.03. The van der Waals surface area contributed by atoms with Crippen LogP contribution in [0.3, 0.4) is 0 Å². The van der Waals surface area contributed by atoms with Crippen LogP contribution in [-0.2, 0) is 16.6 Å². The average Bonchev–Trinajstić information content (AvgIpc) is 2.27. The van der Waals surface area contributed by atoms with Gasteiger partial charge < -0.3 is 0 Å². The molecule has 1 N–H and O–H groups in total. The number of rotatable bonds is 4. The van der Waals surface area contributed by atoms with Crippen LogP contribution in [0.4, 0.5) is 0 Å². The highest BCUT2D eigenvalue weighted by molar-refractivity contribution is 7.90. The third kappa shape index (κ3) is 3.88. The number of sulfonamides is 1. The minimum Gasteiger partial charge on any atom is -0.211 e. The Kier molecular flexibility index (Phi) is 4.09. The summed E-state index contributed by atoms with van der Waals surface area (Å²) >= 11 is 5.21.